The van der Waals surface area contributed by atoms with Crippen molar-refractivity contribution >= 4 is 22.5 Å². The molecule has 1 amide bonds. The smallest absolute Gasteiger partial charge is 0.321 e. The van der Waals surface area contributed by atoms with Gasteiger partial charge in [0, 0.05) is 12.3 Å². The van der Waals surface area contributed by atoms with E-state index in [1.807, 2.05) is 32.9 Å². The van der Waals surface area contributed by atoms with Crippen LogP contribution in [0.3, 0.4) is 0 Å². The van der Waals surface area contributed by atoms with Gasteiger partial charge in [0.25, 0.3) is 5.91 Å². The molecule has 4 rings (SSSR count). The Labute approximate surface area is 188 Å². The van der Waals surface area contributed by atoms with Crippen LogP contribution >= 0.6 is 0 Å². The summed E-state index contributed by atoms with van der Waals surface area (Å²) in [5, 5.41) is 15.5. The number of nitrogens with zero attached hydrogens (tertiary/aromatic N) is 6. The molecule has 0 radical (unpaired) electrons. The zero-order chi connectivity index (χ0) is 23.8. The van der Waals surface area contributed by atoms with Crippen LogP contribution in [0.5, 0.6) is 5.75 Å². The van der Waals surface area contributed by atoms with Crippen molar-refractivity contribution in [1.29, 1.82) is 0 Å². The maximum atomic E-state index is 13.4. The molecule has 0 bridgehead atoms. The van der Waals surface area contributed by atoms with E-state index in [9.17, 15) is 13.6 Å². The van der Waals surface area contributed by atoms with Crippen LogP contribution in [0.2, 0.25) is 0 Å². The summed E-state index contributed by atoms with van der Waals surface area (Å²) in [7, 11) is 0. The third-order valence-corrected chi connectivity index (χ3v) is 5.43. The molecule has 0 saturated carbocycles. The average Bonchev–Trinajstić information content (AvgIpc) is 3.40. The van der Waals surface area contributed by atoms with Gasteiger partial charge in [-0.05, 0) is 30.5 Å². The highest BCUT2D eigenvalue weighted by Gasteiger charge is 2.36. The maximum Gasteiger partial charge on any atom is 0.321 e. The fraction of sp³-hybridized carbons (Fsp3) is 0.409. The molecule has 0 aliphatic heterocycles. The summed E-state index contributed by atoms with van der Waals surface area (Å²) in [6, 6.07) is 4.89. The summed E-state index contributed by atoms with van der Waals surface area (Å²) in [5.41, 5.74) is 1.44. The molecule has 3 aromatic heterocycles. The normalized spacial score (nSPS) is 14.0. The number of hydrogen-bond donors (Lipinski definition) is 1. The van der Waals surface area contributed by atoms with E-state index in [1.165, 1.54) is 0 Å². The van der Waals surface area contributed by atoms with Crippen molar-refractivity contribution in [2.24, 2.45) is 5.92 Å². The molecule has 0 aliphatic rings. The Morgan fingerprint density at radius 3 is 2.76 bits per heavy atom. The van der Waals surface area contributed by atoms with Gasteiger partial charge < -0.3 is 10.1 Å². The number of ether oxygens (including phenoxy) is 1. The van der Waals surface area contributed by atoms with Gasteiger partial charge in [-0.15, -0.1) is 10.2 Å². The lowest BCUT2D eigenvalue weighted by molar-refractivity contribution is -0.145. The van der Waals surface area contributed by atoms with Crippen LogP contribution in [0.1, 0.15) is 34.1 Å². The van der Waals surface area contributed by atoms with E-state index >= 15 is 0 Å². The number of hydrogen-bond acceptors (Lipinski definition) is 6. The minimum Gasteiger partial charge on any atom is -0.488 e. The third kappa shape index (κ3) is 4.62. The zero-order valence-corrected chi connectivity index (χ0v) is 18.7. The second kappa shape index (κ2) is 8.72. The van der Waals surface area contributed by atoms with Gasteiger partial charge in [-0.1, -0.05) is 20.8 Å². The van der Waals surface area contributed by atoms with Gasteiger partial charge in [-0.25, -0.2) is 9.67 Å². The molecule has 174 valence electrons. The molecular formula is C22H25F2N7O2. The molecule has 4 aromatic rings. The van der Waals surface area contributed by atoms with Crippen LogP contribution in [-0.2, 0) is 4.79 Å². The predicted molar refractivity (Wildman–Crippen MR) is 118 cm³/mol. The largest absolute Gasteiger partial charge is 0.488 e. The van der Waals surface area contributed by atoms with E-state index in [4.69, 9.17) is 4.74 Å². The van der Waals surface area contributed by atoms with Crippen LogP contribution in [0.25, 0.3) is 22.4 Å². The maximum absolute atomic E-state index is 13.4. The Morgan fingerprint density at radius 2 is 2.06 bits per heavy atom. The Hall–Kier alpha value is -3.63. The molecule has 11 heteroatoms. The monoisotopic (exact) mass is 457 g/mol. The minimum atomic E-state index is -3.46. The molecule has 33 heavy (non-hydrogen) atoms. The first-order valence-electron chi connectivity index (χ1n) is 10.7. The molecule has 0 saturated heterocycles. The number of rotatable bonds is 8. The van der Waals surface area contributed by atoms with E-state index in [-0.39, 0.29) is 5.92 Å². The molecule has 2 atom stereocenters. The van der Waals surface area contributed by atoms with Gasteiger partial charge in [0.2, 0.25) is 0 Å². The first kappa shape index (κ1) is 22.6. The van der Waals surface area contributed by atoms with Gasteiger partial charge in [-0.2, -0.15) is 13.9 Å². The van der Waals surface area contributed by atoms with Crippen LogP contribution in [0, 0.1) is 5.92 Å². The van der Waals surface area contributed by atoms with Gasteiger partial charge in [-0.3, -0.25) is 9.20 Å². The number of nitrogens with one attached hydrogen (secondary N) is 1. The van der Waals surface area contributed by atoms with Crippen molar-refractivity contribution in [3.63, 3.8) is 0 Å². The summed E-state index contributed by atoms with van der Waals surface area (Å²) >= 11 is 0. The number of carbonyl (C=O) groups is 1. The molecule has 3 heterocycles. The summed E-state index contributed by atoms with van der Waals surface area (Å²) < 4.78 is 36.5. The quantitative estimate of drug-likeness (QED) is 0.435. The van der Waals surface area contributed by atoms with Crippen molar-refractivity contribution in [1.82, 2.24) is 34.7 Å². The molecule has 0 unspecified atom stereocenters. The van der Waals surface area contributed by atoms with Gasteiger partial charge in [0.05, 0.1) is 30.1 Å². The van der Waals surface area contributed by atoms with E-state index in [1.54, 1.807) is 40.1 Å². The number of benzene rings is 1. The number of aromatic nitrogens is 6. The Bertz CT molecular complexity index is 1280. The Morgan fingerprint density at radius 1 is 1.27 bits per heavy atom. The van der Waals surface area contributed by atoms with Gasteiger partial charge in [0.1, 0.15) is 18.2 Å². The number of fused-ring (bicyclic) bond motifs is 2. The fourth-order valence-electron chi connectivity index (χ4n) is 3.65. The number of halogens is 2. The van der Waals surface area contributed by atoms with Gasteiger partial charge in [0.15, 0.2) is 11.5 Å². The van der Waals surface area contributed by atoms with E-state index in [2.05, 4.69) is 25.6 Å². The SMILES string of the molecule is CC[C@@H](Oc1ccc2c(cnn2-c2cn3cnnc3cn2)c1)[C@@H](NC(=O)C(C)(F)F)C(C)C. The van der Waals surface area contributed by atoms with Crippen LogP contribution < -0.4 is 10.1 Å². The van der Waals surface area contributed by atoms with Crippen LogP contribution in [-0.4, -0.2) is 53.3 Å². The lowest BCUT2D eigenvalue weighted by Crippen LogP contribution is -2.52. The van der Waals surface area contributed by atoms with Crippen LogP contribution in [0.4, 0.5) is 8.78 Å². The highest BCUT2D eigenvalue weighted by atomic mass is 19.3. The summed E-state index contributed by atoms with van der Waals surface area (Å²) in [6.07, 6.45) is 6.71. The molecule has 9 nitrogen and oxygen atoms in total. The first-order valence-corrected chi connectivity index (χ1v) is 10.7. The minimum absolute atomic E-state index is 0.105. The average molecular weight is 457 g/mol. The lowest BCUT2D eigenvalue weighted by atomic mass is 9.96. The number of carbonyl (C=O) groups excluding carboxylic acids is 1. The summed E-state index contributed by atoms with van der Waals surface area (Å²) in [5.74, 6) is -3.72. The molecule has 0 aliphatic carbocycles. The number of alkyl halides is 2. The highest BCUT2D eigenvalue weighted by Crippen LogP contribution is 2.26. The topological polar surface area (TPSA) is 99.2 Å². The van der Waals surface area contributed by atoms with E-state index in [0.717, 1.165) is 10.9 Å². The molecule has 0 spiro atoms. The predicted octanol–water partition coefficient (Wildman–Crippen LogP) is 3.42. The molecule has 0 fully saturated rings. The fourth-order valence-corrected chi connectivity index (χ4v) is 3.65. The highest BCUT2D eigenvalue weighted by molar-refractivity contribution is 5.83. The van der Waals surface area contributed by atoms with Crippen molar-refractivity contribution in [3.8, 4) is 11.6 Å². The Balaban J connectivity index is 1.58. The zero-order valence-electron chi connectivity index (χ0n) is 18.7. The second-order valence-corrected chi connectivity index (χ2v) is 8.32. The first-order chi connectivity index (χ1) is 15.7. The lowest BCUT2D eigenvalue weighted by Gasteiger charge is -2.31. The van der Waals surface area contributed by atoms with Crippen molar-refractivity contribution in [3.05, 3.63) is 43.1 Å². The molecule has 1 aromatic carbocycles. The summed E-state index contributed by atoms with van der Waals surface area (Å²) in [4.78, 5) is 16.3. The van der Waals surface area contributed by atoms with E-state index < -0.39 is 24.0 Å². The third-order valence-electron chi connectivity index (χ3n) is 5.43. The standard InChI is InChI=1S/C22H25F2N7O2/c1-5-17(20(13(2)3)28-21(32)22(4,23)24)33-15-6-7-16-14(8-15)9-27-31(16)19-11-30-12-26-29-18(30)10-25-19/h6-13,17,20H,5H2,1-4H3,(H,28,32)/t17-,20+/m1/s1. The van der Waals surface area contributed by atoms with Crippen molar-refractivity contribution in [2.45, 2.75) is 52.2 Å². The molecular weight excluding hydrogens is 432 g/mol. The van der Waals surface area contributed by atoms with Crippen molar-refractivity contribution < 1.29 is 18.3 Å². The number of amides is 1. The van der Waals surface area contributed by atoms with Crippen LogP contribution in [0.15, 0.2) is 43.1 Å². The second-order valence-electron chi connectivity index (χ2n) is 8.32. The van der Waals surface area contributed by atoms with E-state index in [0.29, 0.717) is 30.6 Å². The Kier molecular flexibility index (Phi) is 5.96. The van der Waals surface area contributed by atoms with Gasteiger partial charge >= 0.3 is 5.92 Å². The molecule has 1 N–H and O–H groups in total. The summed E-state index contributed by atoms with van der Waals surface area (Å²) in [6.45, 7) is 6.19. The van der Waals surface area contributed by atoms with Crippen molar-refractivity contribution in [2.75, 3.05) is 0 Å².